The van der Waals surface area contributed by atoms with Crippen molar-refractivity contribution in [3.63, 3.8) is 0 Å². The van der Waals surface area contributed by atoms with Crippen molar-refractivity contribution in [3.8, 4) is 5.69 Å². The monoisotopic (exact) mass is 283 g/mol. The third-order valence-corrected chi connectivity index (χ3v) is 3.03. The Morgan fingerprint density at radius 3 is 2.94 bits per heavy atom. The third-order valence-electron chi connectivity index (χ3n) is 2.42. The molecule has 0 atom stereocenters. The summed E-state index contributed by atoms with van der Waals surface area (Å²) in [7, 11) is 0. The van der Waals surface area contributed by atoms with Gasteiger partial charge < -0.3 is 10.3 Å². The largest absolute Gasteiger partial charge is 0.325 e. The topological polar surface area (TPSA) is 43.8 Å². The fourth-order valence-electron chi connectivity index (χ4n) is 1.59. The van der Waals surface area contributed by atoms with Gasteiger partial charge in [0.2, 0.25) is 0 Å². The minimum Gasteiger partial charge on any atom is -0.325 e. The lowest BCUT2D eigenvalue weighted by Crippen LogP contribution is -2.06. The number of imidazole rings is 1. The molecule has 0 aliphatic rings. The van der Waals surface area contributed by atoms with Crippen LogP contribution in [0.15, 0.2) is 29.1 Å². The van der Waals surface area contributed by atoms with E-state index in [0.717, 1.165) is 16.9 Å². The number of nitrogens with two attached hydrogens (primary N) is 1. The summed E-state index contributed by atoms with van der Waals surface area (Å²) in [6.07, 6.45) is 3.38. The number of nitrogens with zero attached hydrogens (tertiary/aromatic N) is 2. The fourth-order valence-corrected chi connectivity index (χ4v) is 1.92. The quantitative estimate of drug-likeness (QED) is 0.921. The van der Waals surface area contributed by atoms with E-state index >= 15 is 0 Å². The number of halogens is 2. The highest BCUT2D eigenvalue weighted by Crippen LogP contribution is 2.24. The Bertz CT molecular complexity index is 522. The number of hydrogen-bond donors (Lipinski definition) is 1. The van der Waals surface area contributed by atoms with E-state index < -0.39 is 0 Å². The van der Waals surface area contributed by atoms with Crippen LogP contribution in [0.2, 0.25) is 0 Å². The molecule has 0 bridgehead atoms. The van der Waals surface area contributed by atoms with Crippen LogP contribution in [0.1, 0.15) is 11.3 Å². The van der Waals surface area contributed by atoms with Crippen molar-refractivity contribution in [2.45, 2.75) is 13.5 Å². The van der Waals surface area contributed by atoms with Gasteiger partial charge in [0, 0.05) is 12.7 Å². The first-order chi connectivity index (χ1) is 7.63. The SMILES string of the molecule is Cc1cc(F)c(Br)cc1-n1cncc1CN. The van der Waals surface area contributed by atoms with Crippen molar-refractivity contribution in [2.75, 3.05) is 0 Å². The van der Waals surface area contributed by atoms with Crippen molar-refractivity contribution in [2.24, 2.45) is 5.73 Å². The van der Waals surface area contributed by atoms with Crippen LogP contribution in [-0.4, -0.2) is 9.55 Å². The first kappa shape index (κ1) is 11.3. The van der Waals surface area contributed by atoms with Gasteiger partial charge in [0.05, 0.1) is 22.2 Å². The van der Waals surface area contributed by atoms with E-state index in [1.54, 1.807) is 18.6 Å². The van der Waals surface area contributed by atoms with E-state index in [2.05, 4.69) is 20.9 Å². The van der Waals surface area contributed by atoms with Crippen LogP contribution in [0.5, 0.6) is 0 Å². The molecule has 0 amide bonds. The molecule has 0 aliphatic carbocycles. The summed E-state index contributed by atoms with van der Waals surface area (Å²) in [4.78, 5) is 4.04. The second-order valence-electron chi connectivity index (χ2n) is 3.51. The van der Waals surface area contributed by atoms with E-state index in [-0.39, 0.29) is 5.82 Å². The summed E-state index contributed by atoms with van der Waals surface area (Å²) in [5.74, 6) is -0.268. The summed E-state index contributed by atoms with van der Waals surface area (Å²) in [6.45, 7) is 2.25. The minimum atomic E-state index is -0.268. The summed E-state index contributed by atoms with van der Waals surface area (Å²) in [5, 5.41) is 0. The van der Waals surface area contributed by atoms with Gasteiger partial charge in [-0.25, -0.2) is 9.37 Å². The maximum Gasteiger partial charge on any atom is 0.137 e. The lowest BCUT2D eigenvalue weighted by molar-refractivity contribution is 0.619. The summed E-state index contributed by atoms with van der Waals surface area (Å²) < 4.78 is 15.6. The molecule has 5 heteroatoms. The molecule has 0 saturated heterocycles. The number of aromatic nitrogens is 2. The maximum absolute atomic E-state index is 13.3. The van der Waals surface area contributed by atoms with Crippen LogP contribution in [0.4, 0.5) is 4.39 Å². The van der Waals surface area contributed by atoms with Crippen molar-refractivity contribution in [1.29, 1.82) is 0 Å². The number of hydrogen-bond acceptors (Lipinski definition) is 2. The van der Waals surface area contributed by atoms with Crippen molar-refractivity contribution < 1.29 is 4.39 Å². The fraction of sp³-hybridized carbons (Fsp3) is 0.182. The Morgan fingerprint density at radius 1 is 1.50 bits per heavy atom. The lowest BCUT2D eigenvalue weighted by atomic mass is 10.2. The molecule has 0 spiro atoms. The highest BCUT2D eigenvalue weighted by atomic mass is 79.9. The first-order valence-corrected chi connectivity index (χ1v) is 5.60. The minimum absolute atomic E-state index is 0.268. The van der Waals surface area contributed by atoms with Crippen molar-refractivity contribution >= 4 is 15.9 Å². The van der Waals surface area contributed by atoms with E-state index in [9.17, 15) is 4.39 Å². The second-order valence-corrected chi connectivity index (χ2v) is 4.37. The van der Waals surface area contributed by atoms with Crippen LogP contribution >= 0.6 is 15.9 Å². The highest BCUT2D eigenvalue weighted by molar-refractivity contribution is 9.10. The molecular weight excluding hydrogens is 273 g/mol. The molecule has 1 aromatic heterocycles. The second kappa shape index (κ2) is 4.35. The molecule has 3 nitrogen and oxygen atoms in total. The number of benzene rings is 1. The molecule has 1 aromatic carbocycles. The van der Waals surface area contributed by atoms with Gasteiger partial charge in [0.25, 0.3) is 0 Å². The zero-order chi connectivity index (χ0) is 11.7. The van der Waals surface area contributed by atoms with E-state index in [1.165, 1.54) is 6.07 Å². The van der Waals surface area contributed by atoms with Crippen LogP contribution in [0.25, 0.3) is 5.69 Å². The predicted molar refractivity (Wildman–Crippen MR) is 63.9 cm³/mol. The maximum atomic E-state index is 13.3. The van der Waals surface area contributed by atoms with Gasteiger partial charge in [-0.2, -0.15) is 0 Å². The molecule has 1 heterocycles. The molecule has 2 aromatic rings. The normalized spacial score (nSPS) is 10.8. The molecule has 0 fully saturated rings. The van der Waals surface area contributed by atoms with Gasteiger partial charge in [0.1, 0.15) is 5.82 Å². The van der Waals surface area contributed by atoms with E-state index in [0.29, 0.717) is 11.0 Å². The third kappa shape index (κ3) is 1.88. The highest BCUT2D eigenvalue weighted by Gasteiger charge is 2.09. The van der Waals surface area contributed by atoms with Gasteiger partial charge >= 0.3 is 0 Å². The summed E-state index contributed by atoms with van der Waals surface area (Å²) in [6, 6.07) is 3.21. The molecule has 0 unspecified atom stereocenters. The van der Waals surface area contributed by atoms with Crippen LogP contribution < -0.4 is 5.73 Å². The smallest absolute Gasteiger partial charge is 0.137 e. The van der Waals surface area contributed by atoms with Gasteiger partial charge in [-0.05, 0) is 40.5 Å². The zero-order valence-electron chi connectivity index (χ0n) is 8.74. The molecule has 0 saturated carbocycles. The molecule has 2 rings (SSSR count). The van der Waals surface area contributed by atoms with E-state index in [1.807, 2.05) is 11.5 Å². The lowest BCUT2D eigenvalue weighted by Gasteiger charge is -2.11. The average Bonchev–Trinajstić information content (AvgIpc) is 2.71. The Morgan fingerprint density at radius 2 is 2.25 bits per heavy atom. The molecule has 2 N–H and O–H groups in total. The molecule has 0 aliphatic heterocycles. The predicted octanol–water partition coefficient (Wildman–Crippen LogP) is 2.54. The average molecular weight is 284 g/mol. The summed E-state index contributed by atoms with van der Waals surface area (Å²) in [5.41, 5.74) is 8.22. The van der Waals surface area contributed by atoms with Gasteiger partial charge in [-0.1, -0.05) is 0 Å². The van der Waals surface area contributed by atoms with Gasteiger partial charge in [-0.3, -0.25) is 0 Å². The number of aryl methyl sites for hydroxylation is 1. The molecule has 0 radical (unpaired) electrons. The van der Waals surface area contributed by atoms with Crippen molar-refractivity contribution in [3.05, 3.63) is 46.2 Å². The van der Waals surface area contributed by atoms with Gasteiger partial charge in [-0.15, -0.1) is 0 Å². The van der Waals surface area contributed by atoms with E-state index in [4.69, 9.17) is 5.73 Å². The van der Waals surface area contributed by atoms with Crippen LogP contribution in [0.3, 0.4) is 0 Å². The Labute approximate surface area is 101 Å². The molecule has 84 valence electrons. The standard InChI is InChI=1S/C11H11BrFN3/c1-7-2-10(13)9(12)3-11(7)16-6-15-5-8(16)4-14/h2-3,5-6H,4,14H2,1H3. The molecular formula is C11H11BrFN3. The Hall–Kier alpha value is -1.20. The zero-order valence-corrected chi connectivity index (χ0v) is 10.3. The number of rotatable bonds is 2. The van der Waals surface area contributed by atoms with Crippen LogP contribution in [0, 0.1) is 12.7 Å². The first-order valence-electron chi connectivity index (χ1n) is 4.80. The Balaban J connectivity index is 2.60. The molecule has 16 heavy (non-hydrogen) atoms. The van der Waals surface area contributed by atoms with Crippen LogP contribution in [-0.2, 0) is 6.54 Å². The van der Waals surface area contributed by atoms with Gasteiger partial charge in [0.15, 0.2) is 0 Å². The Kier molecular flexibility index (Phi) is 3.07. The van der Waals surface area contributed by atoms with Crippen molar-refractivity contribution in [1.82, 2.24) is 9.55 Å². The summed E-state index contributed by atoms with van der Waals surface area (Å²) >= 11 is 3.17.